The van der Waals surface area contributed by atoms with Gasteiger partial charge in [0.1, 0.15) is 11.8 Å². The maximum Gasteiger partial charge on any atom is 0.327 e. The van der Waals surface area contributed by atoms with Crippen LogP contribution in [0.4, 0.5) is 4.79 Å². The van der Waals surface area contributed by atoms with E-state index < -0.39 is 12.0 Å². The van der Waals surface area contributed by atoms with E-state index in [1.807, 2.05) is 31.2 Å². The van der Waals surface area contributed by atoms with E-state index >= 15 is 0 Å². The van der Waals surface area contributed by atoms with Crippen LogP contribution in [0.15, 0.2) is 24.3 Å². The molecule has 1 aromatic rings. The highest BCUT2D eigenvalue weighted by Gasteiger charge is 2.39. The third kappa shape index (κ3) is 3.60. The largest absolute Gasteiger partial charge is 0.497 e. The van der Waals surface area contributed by atoms with Gasteiger partial charge in [0.25, 0.3) is 0 Å². The Balaban J connectivity index is 1.98. The number of nitrogens with zero attached hydrogens (tertiary/aromatic N) is 1. The summed E-state index contributed by atoms with van der Waals surface area (Å²) in [5.41, 5.74) is 0.897. The number of hydrogen-bond acceptors (Lipinski definition) is 4. The number of benzene rings is 1. The summed E-state index contributed by atoms with van der Waals surface area (Å²) in [5.74, 6) is 0.168. The fourth-order valence-electron chi connectivity index (χ4n) is 2.19. The first-order valence-corrected chi connectivity index (χ1v) is 7.61. The van der Waals surface area contributed by atoms with Crippen molar-refractivity contribution in [1.82, 2.24) is 10.2 Å². The van der Waals surface area contributed by atoms with E-state index in [1.54, 1.807) is 7.11 Å². The molecule has 1 saturated heterocycles. The number of amides is 2. The summed E-state index contributed by atoms with van der Waals surface area (Å²) in [4.78, 5) is 24.8. The number of carboxylic acids is 1. The van der Waals surface area contributed by atoms with Gasteiger partial charge >= 0.3 is 12.0 Å². The van der Waals surface area contributed by atoms with E-state index in [2.05, 4.69) is 5.32 Å². The fourth-order valence-corrected chi connectivity index (χ4v) is 3.36. The van der Waals surface area contributed by atoms with Crippen LogP contribution < -0.4 is 10.1 Å². The summed E-state index contributed by atoms with van der Waals surface area (Å²) in [5, 5.41) is 11.8. The van der Waals surface area contributed by atoms with Crippen LogP contribution >= 0.6 is 11.8 Å². The molecule has 2 unspecified atom stereocenters. The van der Waals surface area contributed by atoms with Crippen molar-refractivity contribution in [1.29, 1.82) is 0 Å². The van der Waals surface area contributed by atoms with Crippen molar-refractivity contribution in [3.8, 4) is 5.75 Å². The lowest BCUT2D eigenvalue weighted by molar-refractivity contribution is -0.141. The first kappa shape index (κ1) is 15.5. The van der Waals surface area contributed by atoms with Crippen molar-refractivity contribution in [2.45, 2.75) is 24.9 Å². The minimum absolute atomic E-state index is 0.142. The van der Waals surface area contributed by atoms with Crippen LogP contribution in [0.5, 0.6) is 5.75 Å². The van der Waals surface area contributed by atoms with Gasteiger partial charge in [-0.3, -0.25) is 4.90 Å². The van der Waals surface area contributed by atoms with Crippen LogP contribution in [-0.2, 0) is 11.3 Å². The van der Waals surface area contributed by atoms with Crippen molar-refractivity contribution >= 4 is 23.8 Å². The number of nitrogens with one attached hydrogen (secondary N) is 1. The molecule has 0 aliphatic carbocycles. The lowest BCUT2D eigenvalue weighted by Crippen LogP contribution is -2.49. The molecule has 2 amide bonds. The Hall–Kier alpha value is -1.89. The molecule has 1 aliphatic rings. The standard InChI is InChI=1S/C14H18N2O4S/c1-9-16(12(8-21-9)13(17)18)14(19)15-7-10-4-3-5-11(6-10)20-2/h3-6,9,12H,7-8H2,1-2H3,(H,15,19)(H,17,18). The van der Waals surface area contributed by atoms with E-state index in [0.717, 1.165) is 11.3 Å². The Morgan fingerprint density at radius 2 is 2.29 bits per heavy atom. The number of hydrogen-bond donors (Lipinski definition) is 2. The maximum atomic E-state index is 12.2. The van der Waals surface area contributed by atoms with Crippen LogP contribution in [-0.4, -0.2) is 46.3 Å². The Bertz CT molecular complexity index is 537. The molecular weight excluding hydrogens is 292 g/mol. The molecule has 7 heteroatoms. The van der Waals surface area contributed by atoms with Crippen LogP contribution in [0.3, 0.4) is 0 Å². The topological polar surface area (TPSA) is 78.9 Å². The molecule has 6 nitrogen and oxygen atoms in total. The molecule has 1 aliphatic heterocycles. The van der Waals surface area contributed by atoms with Gasteiger partial charge < -0.3 is 15.2 Å². The van der Waals surface area contributed by atoms with E-state index in [9.17, 15) is 9.59 Å². The molecule has 114 valence electrons. The first-order chi connectivity index (χ1) is 10.0. The predicted molar refractivity (Wildman–Crippen MR) is 80.4 cm³/mol. The molecule has 2 rings (SSSR count). The molecule has 0 spiro atoms. The van der Waals surface area contributed by atoms with Crippen LogP contribution in [0.1, 0.15) is 12.5 Å². The van der Waals surface area contributed by atoms with Crippen LogP contribution in [0.2, 0.25) is 0 Å². The van der Waals surface area contributed by atoms with Crippen molar-refractivity contribution in [2.24, 2.45) is 0 Å². The van der Waals surface area contributed by atoms with Gasteiger partial charge in [-0.2, -0.15) is 0 Å². The molecular formula is C14H18N2O4S. The van der Waals surface area contributed by atoms with Crippen molar-refractivity contribution in [2.75, 3.05) is 12.9 Å². The lowest BCUT2D eigenvalue weighted by Gasteiger charge is -2.25. The van der Waals surface area contributed by atoms with Gasteiger partial charge in [0.2, 0.25) is 0 Å². The maximum absolute atomic E-state index is 12.2. The number of thioether (sulfide) groups is 1. The van der Waals surface area contributed by atoms with E-state index in [-0.39, 0.29) is 11.4 Å². The number of carboxylic acid groups (broad SMARTS) is 1. The summed E-state index contributed by atoms with van der Waals surface area (Å²) >= 11 is 1.46. The number of ether oxygens (including phenoxy) is 1. The third-order valence-corrected chi connectivity index (χ3v) is 4.54. The smallest absolute Gasteiger partial charge is 0.327 e. The minimum atomic E-state index is -0.969. The number of carbonyl (C=O) groups is 2. The third-order valence-electron chi connectivity index (χ3n) is 3.32. The summed E-state index contributed by atoms with van der Waals surface area (Å²) in [6, 6.07) is 6.24. The number of aliphatic carboxylic acids is 1. The van der Waals surface area contributed by atoms with Gasteiger partial charge in [-0.15, -0.1) is 11.8 Å². The molecule has 1 aromatic carbocycles. The number of carbonyl (C=O) groups excluding carboxylic acids is 1. The lowest BCUT2D eigenvalue weighted by atomic mass is 10.2. The number of methoxy groups -OCH3 is 1. The molecule has 0 aromatic heterocycles. The van der Waals surface area contributed by atoms with Gasteiger partial charge in [0, 0.05) is 12.3 Å². The van der Waals surface area contributed by atoms with Gasteiger partial charge in [-0.25, -0.2) is 9.59 Å². The van der Waals surface area contributed by atoms with Gasteiger partial charge in [-0.05, 0) is 24.6 Å². The van der Waals surface area contributed by atoms with Gasteiger partial charge in [-0.1, -0.05) is 12.1 Å². The summed E-state index contributed by atoms with van der Waals surface area (Å²) in [6.07, 6.45) is 0. The molecule has 1 heterocycles. The quantitative estimate of drug-likeness (QED) is 0.886. The Kier molecular flexibility index (Phi) is 4.95. The second-order valence-electron chi connectivity index (χ2n) is 4.70. The highest BCUT2D eigenvalue weighted by molar-refractivity contribution is 8.00. The molecule has 2 atom stereocenters. The summed E-state index contributed by atoms with van der Waals surface area (Å²) in [6.45, 7) is 2.16. The zero-order valence-corrected chi connectivity index (χ0v) is 12.7. The Labute approximate surface area is 127 Å². The predicted octanol–water partition coefficient (Wildman–Crippen LogP) is 1.75. The molecule has 2 N–H and O–H groups in total. The average Bonchev–Trinajstić information content (AvgIpc) is 2.87. The summed E-state index contributed by atoms with van der Waals surface area (Å²) < 4.78 is 5.12. The molecule has 0 bridgehead atoms. The average molecular weight is 310 g/mol. The fraction of sp³-hybridized carbons (Fsp3) is 0.429. The molecule has 21 heavy (non-hydrogen) atoms. The van der Waals surface area contributed by atoms with Gasteiger partial charge in [0.05, 0.1) is 12.5 Å². The highest BCUT2D eigenvalue weighted by atomic mass is 32.2. The van der Waals surface area contributed by atoms with Crippen molar-refractivity contribution < 1.29 is 19.4 Å². The van der Waals surface area contributed by atoms with E-state index in [4.69, 9.17) is 9.84 Å². The number of urea groups is 1. The van der Waals surface area contributed by atoms with Gasteiger partial charge in [0.15, 0.2) is 0 Å². The molecule has 0 saturated carbocycles. The molecule has 0 radical (unpaired) electrons. The van der Waals surface area contributed by atoms with E-state index in [0.29, 0.717) is 12.3 Å². The second-order valence-corrected chi connectivity index (χ2v) is 6.05. The highest BCUT2D eigenvalue weighted by Crippen LogP contribution is 2.28. The van der Waals surface area contributed by atoms with Crippen LogP contribution in [0.25, 0.3) is 0 Å². The SMILES string of the molecule is COc1cccc(CNC(=O)N2C(C)SCC2C(=O)O)c1. The monoisotopic (exact) mass is 310 g/mol. The Morgan fingerprint density at radius 3 is 2.95 bits per heavy atom. The van der Waals surface area contributed by atoms with Crippen LogP contribution in [0, 0.1) is 0 Å². The number of rotatable bonds is 4. The Morgan fingerprint density at radius 1 is 1.52 bits per heavy atom. The normalized spacial score (nSPS) is 21.1. The summed E-state index contributed by atoms with van der Waals surface area (Å²) in [7, 11) is 1.58. The molecule has 1 fully saturated rings. The van der Waals surface area contributed by atoms with E-state index in [1.165, 1.54) is 16.7 Å². The minimum Gasteiger partial charge on any atom is -0.497 e. The van der Waals surface area contributed by atoms with Crippen molar-refractivity contribution in [3.05, 3.63) is 29.8 Å². The first-order valence-electron chi connectivity index (χ1n) is 6.56. The van der Waals surface area contributed by atoms with Crippen molar-refractivity contribution in [3.63, 3.8) is 0 Å². The second kappa shape index (κ2) is 6.71. The zero-order chi connectivity index (χ0) is 15.4. The zero-order valence-electron chi connectivity index (χ0n) is 11.9.